The second kappa shape index (κ2) is 10.1. The first-order chi connectivity index (χ1) is 16.3. The summed E-state index contributed by atoms with van der Waals surface area (Å²) in [5.74, 6) is -0.969. The lowest BCUT2D eigenvalue weighted by molar-refractivity contribution is -0.119. The van der Waals surface area contributed by atoms with Crippen molar-refractivity contribution < 1.29 is 9.59 Å². The molecule has 0 aliphatic heterocycles. The second-order valence-electron chi connectivity index (χ2n) is 7.70. The van der Waals surface area contributed by atoms with E-state index in [4.69, 9.17) is 11.6 Å². The molecular weight excluding hydrogens is 472 g/mol. The largest absolute Gasteiger partial charge is 0.272 e. The average Bonchev–Trinajstić information content (AvgIpc) is 2.81. The fraction of sp³-hybridized carbons (Fsp3) is 0.120. The van der Waals surface area contributed by atoms with Crippen molar-refractivity contribution >= 4 is 46.1 Å². The lowest BCUT2D eigenvalue weighted by Gasteiger charge is -2.14. The van der Waals surface area contributed by atoms with Crippen LogP contribution in [0.2, 0.25) is 5.02 Å². The minimum Gasteiger partial charge on any atom is -0.272 e. The molecule has 0 fully saturated rings. The third-order valence-corrected chi connectivity index (χ3v) is 6.15. The third kappa shape index (κ3) is 5.30. The third-order valence-electron chi connectivity index (χ3n) is 4.96. The Labute approximate surface area is 205 Å². The van der Waals surface area contributed by atoms with Gasteiger partial charge in [-0.2, -0.15) is 0 Å². The van der Waals surface area contributed by atoms with Crippen molar-refractivity contribution in [2.45, 2.75) is 19.0 Å². The summed E-state index contributed by atoms with van der Waals surface area (Å²) < 4.78 is 1.52. The van der Waals surface area contributed by atoms with Crippen LogP contribution in [0.15, 0.2) is 76.7 Å². The summed E-state index contributed by atoms with van der Waals surface area (Å²) in [6, 6.07) is 19.2. The Morgan fingerprint density at radius 2 is 1.65 bits per heavy atom. The van der Waals surface area contributed by atoms with Crippen molar-refractivity contribution in [2.75, 3.05) is 5.75 Å². The summed E-state index contributed by atoms with van der Waals surface area (Å²) in [4.78, 5) is 42.6. The first-order valence-electron chi connectivity index (χ1n) is 10.4. The lowest BCUT2D eigenvalue weighted by Crippen LogP contribution is -2.42. The molecule has 0 atom stereocenters. The highest BCUT2D eigenvalue weighted by molar-refractivity contribution is 7.99. The van der Waals surface area contributed by atoms with E-state index in [-0.39, 0.29) is 11.3 Å². The van der Waals surface area contributed by atoms with Gasteiger partial charge in [-0.25, -0.2) is 4.98 Å². The van der Waals surface area contributed by atoms with Crippen molar-refractivity contribution in [2.24, 2.45) is 0 Å². The first kappa shape index (κ1) is 23.5. The number of aryl methyl sites for hydroxylation is 2. The van der Waals surface area contributed by atoms with E-state index >= 15 is 0 Å². The number of hydrazine groups is 1. The number of rotatable bonds is 5. The Kier molecular flexibility index (Phi) is 7.00. The maximum atomic E-state index is 13.4. The van der Waals surface area contributed by atoms with Crippen molar-refractivity contribution in [3.05, 3.63) is 98.8 Å². The van der Waals surface area contributed by atoms with E-state index in [9.17, 15) is 14.4 Å². The van der Waals surface area contributed by atoms with Crippen LogP contribution in [0.4, 0.5) is 0 Å². The van der Waals surface area contributed by atoms with Gasteiger partial charge in [0, 0.05) is 10.6 Å². The minimum absolute atomic E-state index is 0.0591. The van der Waals surface area contributed by atoms with Gasteiger partial charge in [0.1, 0.15) is 0 Å². The van der Waals surface area contributed by atoms with Crippen LogP contribution in [-0.2, 0) is 4.79 Å². The molecule has 2 amide bonds. The maximum absolute atomic E-state index is 13.4. The van der Waals surface area contributed by atoms with Gasteiger partial charge < -0.3 is 0 Å². The van der Waals surface area contributed by atoms with Crippen LogP contribution in [0, 0.1) is 13.8 Å². The molecule has 0 unspecified atom stereocenters. The van der Waals surface area contributed by atoms with Crippen molar-refractivity contribution in [3.8, 4) is 5.69 Å². The summed E-state index contributed by atoms with van der Waals surface area (Å²) in [5.41, 5.74) is 8.15. The number of aromatic nitrogens is 2. The van der Waals surface area contributed by atoms with Gasteiger partial charge >= 0.3 is 0 Å². The topological polar surface area (TPSA) is 93.1 Å². The molecule has 0 aliphatic rings. The zero-order chi connectivity index (χ0) is 24.2. The van der Waals surface area contributed by atoms with Crippen molar-refractivity contribution in [3.63, 3.8) is 0 Å². The van der Waals surface area contributed by atoms with Crippen LogP contribution in [-0.4, -0.2) is 27.1 Å². The van der Waals surface area contributed by atoms with E-state index in [1.165, 1.54) is 4.57 Å². The molecule has 7 nitrogen and oxygen atoms in total. The fourth-order valence-corrected chi connectivity index (χ4v) is 4.42. The molecule has 0 saturated carbocycles. The summed E-state index contributed by atoms with van der Waals surface area (Å²) in [6.07, 6.45) is 0. The number of hydrogen-bond donors (Lipinski definition) is 2. The van der Waals surface area contributed by atoms with Gasteiger partial charge in [0.25, 0.3) is 11.5 Å². The Balaban J connectivity index is 1.56. The van der Waals surface area contributed by atoms with Crippen LogP contribution >= 0.6 is 23.4 Å². The number of para-hydroxylation sites is 1. The van der Waals surface area contributed by atoms with Gasteiger partial charge in [-0.1, -0.05) is 41.6 Å². The van der Waals surface area contributed by atoms with E-state index in [1.54, 1.807) is 42.5 Å². The normalized spacial score (nSPS) is 10.8. The number of amides is 2. The standard InChI is InChI=1S/C25H21ClN4O3S/c1-15-11-16(2)13-19(12-15)30-24(33)20-5-3-4-6-21(20)27-25(30)34-14-22(31)28-29-23(32)17-7-9-18(26)10-8-17/h3-13H,14H2,1-2H3,(H,28,31)(H,29,32). The van der Waals surface area contributed by atoms with E-state index in [0.29, 0.717) is 32.3 Å². The molecule has 1 heterocycles. The molecule has 172 valence electrons. The van der Waals surface area contributed by atoms with Crippen LogP contribution in [0.3, 0.4) is 0 Å². The molecule has 4 aromatic rings. The predicted molar refractivity (Wildman–Crippen MR) is 135 cm³/mol. The zero-order valence-electron chi connectivity index (χ0n) is 18.5. The van der Waals surface area contributed by atoms with E-state index in [0.717, 1.165) is 22.9 Å². The van der Waals surface area contributed by atoms with Gasteiger partial charge in [-0.15, -0.1) is 0 Å². The molecule has 2 N–H and O–H groups in total. The second-order valence-corrected chi connectivity index (χ2v) is 9.07. The van der Waals surface area contributed by atoms with E-state index in [1.807, 2.05) is 38.1 Å². The number of carbonyl (C=O) groups excluding carboxylic acids is 2. The van der Waals surface area contributed by atoms with Gasteiger partial charge in [-0.3, -0.25) is 29.8 Å². The Bertz CT molecular complexity index is 1430. The molecule has 0 aliphatic carbocycles. The summed E-state index contributed by atoms with van der Waals surface area (Å²) in [6.45, 7) is 3.92. The molecule has 9 heteroatoms. The van der Waals surface area contributed by atoms with Crippen LogP contribution in [0.25, 0.3) is 16.6 Å². The highest BCUT2D eigenvalue weighted by Gasteiger charge is 2.16. The predicted octanol–water partition coefficient (Wildman–Crippen LogP) is 4.21. The molecule has 4 rings (SSSR count). The number of nitrogens with one attached hydrogen (secondary N) is 2. The monoisotopic (exact) mass is 492 g/mol. The lowest BCUT2D eigenvalue weighted by atomic mass is 10.1. The van der Waals surface area contributed by atoms with Gasteiger partial charge in [0.2, 0.25) is 5.91 Å². The van der Waals surface area contributed by atoms with E-state index < -0.39 is 11.8 Å². The molecule has 3 aromatic carbocycles. The van der Waals surface area contributed by atoms with Crippen molar-refractivity contribution in [1.82, 2.24) is 20.4 Å². The van der Waals surface area contributed by atoms with Gasteiger partial charge in [-0.05, 0) is 73.5 Å². The number of fused-ring (bicyclic) bond motifs is 1. The van der Waals surface area contributed by atoms with Crippen LogP contribution in [0.5, 0.6) is 0 Å². The Morgan fingerprint density at radius 3 is 2.35 bits per heavy atom. The molecule has 0 bridgehead atoms. The highest BCUT2D eigenvalue weighted by atomic mass is 35.5. The summed E-state index contributed by atoms with van der Waals surface area (Å²) >= 11 is 6.94. The summed E-state index contributed by atoms with van der Waals surface area (Å²) in [7, 11) is 0. The van der Waals surface area contributed by atoms with Crippen molar-refractivity contribution in [1.29, 1.82) is 0 Å². The smallest absolute Gasteiger partial charge is 0.269 e. The average molecular weight is 493 g/mol. The number of carbonyl (C=O) groups is 2. The summed E-state index contributed by atoms with van der Waals surface area (Å²) in [5, 5.41) is 1.38. The number of hydrogen-bond acceptors (Lipinski definition) is 5. The van der Waals surface area contributed by atoms with E-state index in [2.05, 4.69) is 15.8 Å². The fourth-order valence-electron chi connectivity index (χ4n) is 3.48. The maximum Gasteiger partial charge on any atom is 0.269 e. The van der Waals surface area contributed by atoms with Gasteiger partial charge in [0.05, 0.1) is 22.3 Å². The molecular formula is C25H21ClN4O3S. The number of nitrogens with zero attached hydrogens (tertiary/aromatic N) is 2. The molecule has 0 saturated heterocycles. The van der Waals surface area contributed by atoms with Crippen LogP contribution < -0.4 is 16.4 Å². The highest BCUT2D eigenvalue weighted by Crippen LogP contribution is 2.22. The number of thioether (sulfide) groups is 1. The molecule has 1 aromatic heterocycles. The number of halogens is 1. The van der Waals surface area contributed by atoms with Crippen LogP contribution in [0.1, 0.15) is 21.5 Å². The molecule has 34 heavy (non-hydrogen) atoms. The quantitative estimate of drug-likeness (QED) is 0.247. The Hall–Kier alpha value is -3.62. The molecule has 0 radical (unpaired) electrons. The minimum atomic E-state index is -0.467. The first-order valence-corrected chi connectivity index (χ1v) is 11.8. The SMILES string of the molecule is Cc1cc(C)cc(-n2c(SCC(=O)NNC(=O)c3ccc(Cl)cc3)nc3ccccc3c2=O)c1. The molecule has 0 spiro atoms. The zero-order valence-corrected chi connectivity index (χ0v) is 20.0. The van der Waals surface area contributed by atoms with Gasteiger partial charge in [0.15, 0.2) is 5.16 Å². The Morgan fingerprint density at radius 1 is 0.971 bits per heavy atom. The number of benzene rings is 3.